The van der Waals surface area contributed by atoms with Gasteiger partial charge in [-0.25, -0.2) is 4.79 Å². The fourth-order valence-corrected chi connectivity index (χ4v) is 3.62. The number of hydrogen-bond acceptors (Lipinski definition) is 5. The van der Waals surface area contributed by atoms with E-state index >= 15 is 0 Å². The van der Waals surface area contributed by atoms with Gasteiger partial charge in [0.1, 0.15) is 16.5 Å². The summed E-state index contributed by atoms with van der Waals surface area (Å²) in [5.41, 5.74) is 4.98. The number of primary amides is 1. The average molecular weight is 434 g/mol. The van der Waals surface area contributed by atoms with Gasteiger partial charge < -0.3 is 15.8 Å². The van der Waals surface area contributed by atoms with Crippen LogP contribution in [0.25, 0.3) is 0 Å². The molecule has 3 N–H and O–H groups in total. The number of ether oxygens (including phenoxy) is 1. The van der Waals surface area contributed by atoms with Gasteiger partial charge in [0.05, 0.1) is 9.47 Å². The molecule has 9 heteroatoms. The van der Waals surface area contributed by atoms with Gasteiger partial charge >= 0.3 is 6.09 Å². The van der Waals surface area contributed by atoms with Crippen LogP contribution in [-0.2, 0) is 9.53 Å². The van der Waals surface area contributed by atoms with E-state index in [0.29, 0.717) is 9.47 Å². The number of carbonyl (C=O) groups is 3. The quantitative estimate of drug-likeness (QED) is 0.741. The van der Waals surface area contributed by atoms with E-state index in [9.17, 15) is 14.4 Å². The largest absolute Gasteiger partial charge is 0.444 e. The number of anilines is 1. The summed E-state index contributed by atoms with van der Waals surface area (Å²) in [6.45, 7) is 8.91. The first-order valence-corrected chi connectivity index (χ1v) is 9.30. The molecule has 1 rings (SSSR count). The van der Waals surface area contributed by atoms with E-state index < -0.39 is 29.6 Å². The number of nitrogens with two attached hydrogens (primary N) is 1. The Bertz CT molecular complexity index is 667. The van der Waals surface area contributed by atoms with Crippen molar-refractivity contribution in [1.29, 1.82) is 0 Å². The molecule has 0 spiro atoms. The smallest absolute Gasteiger partial charge is 0.410 e. The van der Waals surface area contributed by atoms with Gasteiger partial charge in [-0.15, -0.1) is 11.3 Å². The molecule has 25 heavy (non-hydrogen) atoms. The predicted molar refractivity (Wildman–Crippen MR) is 102 cm³/mol. The van der Waals surface area contributed by atoms with Crippen LogP contribution in [0.15, 0.2) is 9.85 Å². The molecule has 1 heterocycles. The SMILES string of the molecule is CC(C)[C@@H](C(=O)Nc1cc(Br)sc1C(N)=O)N(C)C(=O)OC(C)(C)C. The number of nitrogens with zero attached hydrogens (tertiary/aromatic N) is 1. The second-order valence-electron chi connectivity index (χ2n) is 6.93. The van der Waals surface area contributed by atoms with Crippen LogP contribution >= 0.6 is 27.3 Å². The lowest BCUT2D eigenvalue weighted by atomic mass is 10.0. The summed E-state index contributed by atoms with van der Waals surface area (Å²) in [5.74, 6) is -1.22. The van der Waals surface area contributed by atoms with Crippen molar-refractivity contribution in [2.24, 2.45) is 11.7 Å². The Labute approximate surface area is 160 Å². The van der Waals surface area contributed by atoms with Crippen molar-refractivity contribution in [3.05, 3.63) is 14.7 Å². The van der Waals surface area contributed by atoms with Crippen molar-refractivity contribution in [3.8, 4) is 0 Å². The van der Waals surface area contributed by atoms with Crippen molar-refractivity contribution in [2.45, 2.75) is 46.3 Å². The van der Waals surface area contributed by atoms with Crippen LogP contribution in [0.5, 0.6) is 0 Å². The lowest BCUT2D eigenvalue weighted by Gasteiger charge is -2.32. The zero-order valence-corrected chi connectivity index (χ0v) is 17.6. The van der Waals surface area contributed by atoms with Gasteiger partial charge in [0.25, 0.3) is 5.91 Å². The number of halogens is 1. The first-order valence-electron chi connectivity index (χ1n) is 7.69. The predicted octanol–water partition coefficient (Wildman–Crippen LogP) is 3.44. The minimum Gasteiger partial charge on any atom is -0.444 e. The van der Waals surface area contributed by atoms with Crippen molar-refractivity contribution >= 4 is 50.9 Å². The number of carbonyl (C=O) groups excluding carboxylic acids is 3. The van der Waals surface area contributed by atoms with Gasteiger partial charge in [0.15, 0.2) is 0 Å². The molecule has 0 radical (unpaired) electrons. The van der Waals surface area contributed by atoms with Crippen molar-refractivity contribution in [2.75, 3.05) is 12.4 Å². The normalized spacial score (nSPS) is 12.6. The minimum atomic E-state index is -0.769. The van der Waals surface area contributed by atoms with Crippen LogP contribution < -0.4 is 11.1 Å². The fourth-order valence-electron chi connectivity index (χ4n) is 2.22. The summed E-state index contributed by atoms with van der Waals surface area (Å²) in [4.78, 5) is 38.0. The van der Waals surface area contributed by atoms with Gasteiger partial charge in [-0.1, -0.05) is 13.8 Å². The molecular formula is C16H24BrN3O4S. The monoisotopic (exact) mass is 433 g/mol. The number of hydrogen-bond donors (Lipinski definition) is 2. The zero-order valence-electron chi connectivity index (χ0n) is 15.2. The highest BCUT2D eigenvalue weighted by atomic mass is 79.9. The molecule has 0 fully saturated rings. The standard InChI is InChI=1S/C16H24BrN3O4S/c1-8(2)11(20(6)15(23)24-16(3,4)5)14(22)19-9-7-10(17)25-12(9)13(18)21/h7-8,11H,1-6H3,(H2,18,21)(H,19,22)/t11-/m0/s1. The topological polar surface area (TPSA) is 102 Å². The molecule has 0 aromatic carbocycles. The Morgan fingerprint density at radius 1 is 1.32 bits per heavy atom. The van der Waals surface area contributed by atoms with Crippen LogP contribution in [0, 0.1) is 5.92 Å². The molecule has 0 aliphatic heterocycles. The fraction of sp³-hybridized carbons (Fsp3) is 0.562. The number of nitrogens with one attached hydrogen (secondary N) is 1. The summed E-state index contributed by atoms with van der Waals surface area (Å²) in [6, 6.07) is 0.835. The third kappa shape index (κ3) is 6.00. The highest BCUT2D eigenvalue weighted by molar-refractivity contribution is 9.11. The lowest BCUT2D eigenvalue weighted by molar-refractivity contribution is -0.122. The Morgan fingerprint density at radius 2 is 1.88 bits per heavy atom. The third-order valence-corrected chi connectivity index (χ3v) is 4.84. The Balaban J connectivity index is 3.01. The van der Waals surface area contributed by atoms with Gasteiger partial charge in [-0.3, -0.25) is 14.5 Å². The maximum absolute atomic E-state index is 12.7. The molecule has 0 bridgehead atoms. The van der Waals surface area contributed by atoms with E-state index in [1.165, 1.54) is 11.9 Å². The number of likely N-dealkylation sites (N-methyl/N-ethyl adjacent to an activating group) is 1. The van der Waals surface area contributed by atoms with Crippen LogP contribution in [-0.4, -0.2) is 41.5 Å². The molecule has 0 unspecified atom stereocenters. The summed E-state index contributed by atoms with van der Waals surface area (Å²) < 4.78 is 5.99. The van der Waals surface area contributed by atoms with Crippen LogP contribution in [0.1, 0.15) is 44.3 Å². The summed E-state index contributed by atoms with van der Waals surface area (Å²) in [6.07, 6.45) is -0.594. The van der Waals surface area contributed by atoms with E-state index in [4.69, 9.17) is 10.5 Å². The minimum absolute atomic E-state index is 0.170. The molecular weight excluding hydrogens is 410 g/mol. The van der Waals surface area contributed by atoms with Crippen molar-refractivity contribution < 1.29 is 19.1 Å². The van der Waals surface area contributed by atoms with E-state index in [0.717, 1.165) is 11.3 Å². The molecule has 3 amide bonds. The molecule has 0 aliphatic carbocycles. The highest BCUT2D eigenvalue weighted by Crippen LogP contribution is 2.31. The molecule has 0 aliphatic rings. The molecule has 0 saturated heterocycles. The molecule has 0 saturated carbocycles. The first kappa shape index (κ1) is 21.4. The summed E-state index contributed by atoms with van der Waals surface area (Å²) in [5, 5.41) is 2.68. The van der Waals surface area contributed by atoms with Crippen molar-refractivity contribution in [3.63, 3.8) is 0 Å². The number of amides is 3. The lowest BCUT2D eigenvalue weighted by Crippen LogP contribution is -2.49. The van der Waals surface area contributed by atoms with Gasteiger partial charge in [-0.2, -0.15) is 0 Å². The zero-order chi connectivity index (χ0) is 19.5. The van der Waals surface area contributed by atoms with E-state index in [1.807, 2.05) is 13.8 Å². The molecule has 7 nitrogen and oxygen atoms in total. The second kappa shape index (κ2) is 8.18. The molecule has 140 valence electrons. The van der Waals surface area contributed by atoms with Crippen molar-refractivity contribution in [1.82, 2.24) is 4.90 Å². The highest BCUT2D eigenvalue weighted by Gasteiger charge is 2.33. The maximum atomic E-state index is 12.7. The second-order valence-corrected chi connectivity index (χ2v) is 9.36. The van der Waals surface area contributed by atoms with Crippen LogP contribution in [0.4, 0.5) is 10.5 Å². The van der Waals surface area contributed by atoms with Crippen LogP contribution in [0.2, 0.25) is 0 Å². The Morgan fingerprint density at radius 3 is 2.32 bits per heavy atom. The Hall–Kier alpha value is -1.61. The maximum Gasteiger partial charge on any atom is 0.410 e. The first-order chi connectivity index (χ1) is 11.3. The average Bonchev–Trinajstić information content (AvgIpc) is 2.77. The Kier molecular flexibility index (Phi) is 7.01. The third-order valence-electron chi connectivity index (χ3n) is 3.18. The van der Waals surface area contributed by atoms with Gasteiger partial charge in [0, 0.05) is 7.05 Å². The van der Waals surface area contributed by atoms with E-state index in [1.54, 1.807) is 26.8 Å². The number of rotatable bonds is 5. The molecule has 1 aromatic rings. The van der Waals surface area contributed by atoms with Gasteiger partial charge in [0.2, 0.25) is 5.91 Å². The van der Waals surface area contributed by atoms with E-state index in [-0.39, 0.29) is 10.8 Å². The molecule has 1 aromatic heterocycles. The summed E-state index contributed by atoms with van der Waals surface area (Å²) >= 11 is 4.40. The summed E-state index contributed by atoms with van der Waals surface area (Å²) in [7, 11) is 1.51. The van der Waals surface area contributed by atoms with E-state index in [2.05, 4.69) is 21.2 Å². The van der Waals surface area contributed by atoms with Crippen LogP contribution in [0.3, 0.4) is 0 Å². The molecule has 1 atom stereocenters. The van der Waals surface area contributed by atoms with Gasteiger partial charge in [-0.05, 0) is 48.7 Å². The number of thiophene rings is 1.